The molecule has 0 unspecified atom stereocenters. The van der Waals surface area contributed by atoms with Gasteiger partial charge in [-0.1, -0.05) is 16.8 Å². The van der Waals surface area contributed by atoms with Crippen LogP contribution in [-0.2, 0) is 6.61 Å². The summed E-state index contributed by atoms with van der Waals surface area (Å²) >= 11 is 5.72. The summed E-state index contributed by atoms with van der Waals surface area (Å²) in [6.45, 7) is 0.137. The zero-order chi connectivity index (χ0) is 12.3. The van der Waals surface area contributed by atoms with Crippen LogP contribution in [0.2, 0.25) is 5.02 Å². The van der Waals surface area contributed by atoms with Gasteiger partial charge in [0, 0.05) is 11.1 Å². The zero-order valence-electron chi connectivity index (χ0n) is 8.59. The largest absolute Gasteiger partial charge is 0.487 e. The third-order valence-electron chi connectivity index (χ3n) is 1.97. The van der Waals surface area contributed by atoms with E-state index in [0.717, 1.165) is 0 Å². The first-order valence-corrected chi connectivity index (χ1v) is 5.10. The molecule has 0 saturated heterocycles. The van der Waals surface area contributed by atoms with Gasteiger partial charge in [-0.05, 0) is 24.3 Å². The lowest BCUT2D eigenvalue weighted by molar-refractivity contribution is 0.0651. The summed E-state index contributed by atoms with van der Waals surface area (Å²) in [6.07, 6.45) is 0. The molecule has 0 aliphatic rings. The highest BCUT2D eigenvalue weighted by molar-refractivity contribution is 6.30. The molecule has 0 fully saturated rings. The maximum atomic E-state index is 10.5. The van der Waals surface area contributed by atoms with Crippen LogP contribution in [-0.4, -0.2) is 16.2 Å². The van der Waals surface area contributed by atoms with Crippen molar-refractivity contribution in [3.63, 3.8) is 0 Å². The first-order chi connectivity index (χ1) is 8.15. The van der Waals surface area contributed by atoms with E-state index >= 15 is 0 Å². The molecule has 17 heavy (non-hydrogen) atoms. The number of halogens is 1. The van der Waals surface area contributed by atoms with Gasteiger partial charge in [-0.3, -0.25) is 0 Å². The Morgan fingerprint density at radius 3 is 2.71 bits per heavy atom. The Balaban J connectivity index is 1.97. The number of ether oxygens (including phenoxy) is 1. The summed E-state index contributed by atoms with van der Waals surface area (Å²) in [5.74, 6) is -0.746. The Hall–Kier alpha value is -2.01. The predicted molar refractivity (Wildman–Crippen MR) is 59.2 cm³/mol. The summed E-state index contributed by atoms with van der Waals surface area (Å²) in [4.78, 5) is 10.5. The molecular formula is C11H8ClNO4. The molecule has 0 aliphatic heterocycles. The maximum Gasteiger partial charge on any atom is 0.374 e. The van der Waals surface area contributed by atoms with Crippen molar-refractivity contribution in [1.29, 1.82) is 0 Å². The number of aromatic carboxylic acids is 1. The molecule has 1 N–H and O–H groups in total. The van der Waals surface area contributed by atoms with E-state index in [1.165, 1.54) is 6.07 Å². The molecule has 6 heteroatoms. The highest BCUT2D eigenvalue weighted by Crippen LogP contribution is 2.16. The first-order valence-electron chi connectivity index (χ1n) is 4.72. The van der Waals surface area contributed by atoms with Crippen LogP contribution >= 0.6 is 11.6 Å². The van der Waals surface area contributed by atoms with Crippen LogP contribution < -0.4 is 4.74 Å². The van der Waals surface area contributed by atoms with Gasteiger partial charge in [0.05, 0.1) is 0 Å². The fourth-order valence-corrected chi connectivity index (χ4v) is 1.29. The van der Waals surface area contributed by atoms with E-state index in [1.807, 2.05) is 0 Å². The number of benzene rings is 1. The molecule has 2 aromatic rings. The standard InChI is InChI=1S/C11H8ClNO4/c12-7-1-3-9(4-2-7)16-6-8-5-10(11(14)15)17-13-8/h1-5H,6H2,(H,14,15). The van der Waals surface area contributed by atoms with Crippen LogP contribution in [0.5, 0.6) is 5.75 Å². The third-order valence-corrected chi connectivity index (χ3v) is 2.22. The number of carbonyl (C=O) groups is 1. The van der Waals surface area contributed by atoms with Gasteiger partial charge in [-0.25, -0.2) is 4.79 Å². The number of carboxylic acids is 1. The minimum atomic E-state index is -1.16. The molecule has 0 atom stereocenters. The van der Waals surface area contributed by atoms with Gasteiger partial charge in [0.25, 0.3) is 0 Å². The second-order valence-electron chi connectivity index (χ2n) is 3.23. The Morgan fingerprint density at radius 1 is 1.41 bits per heavy atom. The number of hydrogen-bond acceptors (Lipinski definition) is 4. The highest BCUT2D eigenvalue weighted by Gasteiger charge is 2.11. The van der Waals surface area contributed by atoms with Crippen molar-refractivity contribution in [3.05, 3.63) is 46.8 Å². The SMILES string of the molecule is O=C(O)c1cc(COc2ccc(Cl)cc2)no1. The lowest BCUT2D eigenvalue weighted by atomic mass is 10.3. The number of carboxylic acid groups (broad SMARTS) is 1. The molecule has 1 aromatic heterocycles. The minimum absolute atomic E-state index is 0.137. The van der Waals surface area contributed by atoms with Crippen LogP contribution in [0.3, 0.4) is 0 Å². The summed E-state index contributed by atoms with van der Waals surface area (Å²) in [5.41, 5.74) is 0.414. The number of rotatable bonds is 4. The van der Waals surface area contributed by atoms with Gasteiger partial charge in [-0.2, -0.15) is 0 Å². The van der Waals surface area contributed by atoms with E-state index < -0.39 is 5.97 Å². The fraction of sp³-hybridized carbons (Fsp3) is 0.0909. The molecule has 1 heterocycles. The summed E-state index contributed by atoms with van der Waals surface area (Å²) < 4.78 is 9.95. The first kappa shape index (κ1) is 11.5. The Morgan fingerprint density at radius 2 is 2.12 bits per heavy atom. The van der Waals surface area contributed by atoms with Crippen molar-refractivity contribution in [2.45, 2.75) is 6.61 Å². The van der Waals surface area contributed by atoms with Gasteiger partial charge < -0.3 is 14.4 Å². The Kier molecular flexibility index (Phi) is 3.30. The monoisotopic (exact) mass is 253 g/mol. The predicted octanol–water partition coefficient (Wildman–Crippen LogP) is 2.61. The van der Waals surface area contributed by atoms with Gasteiger partial charge in [0.2, 0.25) is 5.76 Å². The average molecular weight is 254 g/mol. The summed E-state index contributed by atoms with van der Waals surface area (Å²) in [5, 5.41) is 12.8. The average Bonchev–Trinajstić information content (AvgIpc) is 2.77. The van der Waals surface area contributed by atoms with Crippen molar-refractivity contribution in [3.8, 4) is 5.75 Å². The van der Waals surface area contributed by atoms with Gasteiger partial charge in [-0.15, -0.1) is 0 Å². The van der Waals surface area contributed by atoms with E-state index in [4.69, 9.17) is 21.4 Å². The molecule has 0 saturated carbocycles. The Bertz CT molecular complexity index is 521. The van der Waals surface area contributed by atoms with Crippen molar-refractivity contribution in [2.75, 3.05) is 0 Å². The lowest BCUT2D eigenvalue weighted by Crippen LogP contribution is -1.95. The zero-order valence-corrected chi connectivity index (χ0v) is 9.35. The minimum Gasteiger partial charge on any atom is -0.487 e. The molecule has 0 bridgehead atoms. The van der Waals surface area contributed by atoms with Crippen LogP contribution in [0.1, 0.15) is 16.2 Å². The van der Waals surface area contributed by atoms with Crippen molar-refractivity contribution in [1.82, 2.24) is 5.16 Å². The Labute approximate surface area is 102 Å². The van der Waals surface area contributed by atoms with E-state index in [9.17, 15) is 4.79 Å². The number of aromatic nitrogens is 1. The quantitative estimate of drug-likeness (QED) is 0.907. The number of nitrogens with zero attached hydrogens (tertiary/aromatic N) is 1. The van der Waals surface area contributed by atoms with Crippen molar-refractivity contribution < 1.29 is 19.2 Å². The molecule has 5 nitrogen and oxygen atoms in total. The van der Waals surface area contributed by atoms with E-state index in [0.29, 0.717) is 16.5 Å². The molecule has 1 aromatic carbocycles. The molecule has 0 amide bonds. The van der Waals surface area contributed by atoms with Crippen molar-refractivity contribution in [2.24, 2.45) is 0 Å². The van der Waals surface area contributed by atoms with Gasteiger partial charge in [0.15, 0.2) is 0 Å². The normalized spacial score (nSPS) is 10.2. The smallest absolute Gasteiger partial charge is 0.374 e. The molecular weight excluding hydrogens is 246 g/mol. The van der Waals surface area contributed by atoms with E-state index in [1.54, 1.807) is 24.3 Å². The maximum absolute atomic E-state index is 10.5. The van der Waals surface area contributed by atoms with Crippen LogP contribution in [0.4, 0.5) is 0 Å². The number of hydrogen-bond donors (Lipinski definition) is 1. The van der Waals surface area contributed by atoms with Gasteiger partial charge >= 0.3 is 5.97 Å². The van der Waals surface area contributed by atoms with Crippen LogP contribution in [0, 0.1) is 0 Å². The topological polar surface area (TPSA) is 72.6 Å². The summed E-state index contributed by atoms with van der Waals surface area (Å²) in [7, 11) is 0. The molecule has 2 rings (SSSR count). The van der Waals surface area contributed by atoms with Gasteiger partial charge in [0.1, 0.15) is 18.1 Å². The molecule has 0 radical (unpaired) electrons. The van der Waals surface area contributed by atoms with Crippen LogP contribution in [0.25, 0.3) is 0 Å². The lowest BCUT2D eigenvalue weighted by Gasteiger charge is -2.02. The van der Waals surface area contributed by atoms with Crippen molar-refractivity contribution >= 4 is 17.6 Å². The molecule has 88 valence electrons. The fourth-order valence-electron chi connectivity index (χ4n) is 1.17. The summed E-state index contributed by atoms with van der Waals surface area (Å²) in [6, 6.07) is 8.13. The highest BCUT2D eigenvalue weighted by atomic mass is 35.5. The third kappa shape index (κ3) is 2.98. The van der Waals surface area contributed by atoms with Crippen LogP contribution in [0.15, 0.2) is 34.9 Å². The van der Waals surface area contributed by atoms with E-state index in [2.05, 4.69) is 9.68 Å². The second-order valence-corrected chi connectivity index (χ2v) is 3.67. The van der Waals surface area contributed by atoms with E-state index in [-0.39, 0.29) is 12.4 Å². The molecule has 0 aliphatic carbocycles. The second kappa shape index (κ2) is 4.88. The molecule has 0 spiro atoms.